The number of hydrogen-bond acceptors (Lipinski definition) is 2. The number of fused-ring (bicyclic) bond motifs is 1. The van der Waals surface area contributed by atoms with Gasteiger partial charge in [0, 0.05) is 24.9 Å². The normalized spacial score (nSPS) is 31.1. The number of aliphatic hydroxyl groups is 1. The van der Waals surface area contributed by atoms with Crippen molar-refractivity contribution >= 4 is 5.91 Å². The molecule has 1 aliphatic heterocycles. The number of hydrogen-bond donors (Lipinski definition) is 1. The fourth-order valence-corrected chi connectivity index (χ4v) is 3.60. The highest BCUT2D eigenvalue weighted by Gasteiger charge is 2.41. The lowest BCUT2D eigenvalue weighted by Crippen LogP contribution is -2.53. The molecule has 3 nitrogen and oxygen atoms in total. The van der Waals surface area contributed by atoms with Crippen LogP contribution < -0.4 is 0 Å². The summed E-state index contributed by atoms with van der Waals surface area (Å²) in [6, 6.07) is 10.4. The van der Waals surface area contributed by atoms with Crippen LogP contribution in [-0.4, -0.2) is 28.1 Å². The Balaban J connectivity index is 1.79. The second kappa shape index (κ2) is 5.33. The number of carbonyl (C=O) groups excluding carboxylic acids is 1. The Morgan fingerprint density at radius 1 is 1.16 bits per heavy atom. The van der Waals surface area contributed by atoms with Gasteiger partial charge in [-0.05, 0) is 31.2 Å². The molecular formula is C16H21NO2. The lowest BCUT2D eigenvalue weighted by atomic mass is 9.76. The lowest BCUT2D eigenvalue weighted by molar-refractivity contribution is -0.144. The second-order valence-electron chi connectivity index (χ2n) is 5.78. The van der Waals surface area contributed by atoms with E-state index >= 15 is 0 Å². The smallest absolute Gasteiger partial charge is 0.223 e. The zero-order valence-electron chi connectivity index (χ0n) is 11.2. The minimum atomic E-state index is -0.217. The third kappa shape index (κ3) is 2.52. The van der Waals surface area contributed by atoms with Gasteiger partial charge >= 0.3 is 0 Å². The van der Waals surface area contributed by atoms with E-state index in [1.54, 1.807) is 0 Å². The molecule has 1 saturated carbocycles. The maximum atomic E-state index is 12.2. The molecule has 2 aliphatic rings. The summed E-state index contributed by atoms with van der Waals surface area (Å²) in [6.45, 7) is 0.688. The van der Waals surface area contributed by atoms with Crippen LogP contribution in [0.15, 0.2) is 30.3 Å². The first-order valence-corrected chi connectivity index (χ1v) is 7.27. The van der Waals surface area contributed by atoms with Crippen molar-refractivity contribution in [2.45, 2.75) is 50.8 Å². The zero-order chi connectivity index (χ0) is 13.2. The average Bonchev–Trinajstić information content (AvgIpc) is 2.43. The fraction of sp³-hybridized carbons (Fsp3) is 0.562. The Bertz CT molecular complexity index is 445. The summed E-state index contributed by atoms with van der Waals surface area (Å²) < 4.78 is 0. The minimum Gasteiger partial charge on any atom is -0.393 e. The Morgan fingerprint density at radius 3 is 2.74 bits per heavy atom. The van der Waals surface area contributed by atoms with Crippen molar-refractivity contribution in [2.75, 3.05) is 0 Å². The fourth-order valence-electron chi connectivity index (χ4n) is 3.60. The van der Waals surface area contributed by atoms with Gasteiger partial charge in [0.2, 0.25) is 5.91 Å². The molecule has 3 heteroatoms. The van der Waals surface area contributed by atoms with E-state index in [0.29, 0.717) is 13.0 Å². The van der Waals surface area contributed by atoms with Crippen molar-refractivity contribution in [3.63, 3.8) is 0 Å². The first-order chi connectivity index (χ1) is 9.25. The van der Waals surface area contributed by atoms with Crippen LogP contribution >= 0.6 is 0 Å². The van der Waals surface area contributed by atoms with Gasteiger partial charge in [0.15, 0.2) is 0 Å². The highest BCUT2D eigenvalue weighted by atomic mass is 16.3. The first-order valence-electron chi connectivity index (χ1n) is 7.27. The molecule has 1 heterocycles. The van der Waals surface area contributed by atoms with E-state index in [2.05, 4.69) is 12.1 Å². The molecule has 0 spiro atoms. The topological polar surface area (TPSA) is 40.5 Å². The van der Waals surface area contributed by atoms with Gasteiger partial charge in [0.25, 0.3) is 0 Å². The maximum Gasteiger partial charge on any atom is 0.223 e. The van der Waals surface area contributed by atoms with Gasteiger partial charge in [-0.25, -0.2) is 0 Å². The Hall–Kier alpha value is -1.35. The van der Waals surface area contributed by atoms with Crippen LogP contribution in [0.25, 0.3) is 0 Å². The van der Waals surface area contributed by atoms with E-state index in [1.807, 2.05) is 23.1 Å². The number of amides is 1. The molecule has 0 bridgehead atoms. The number of nitrogens with zero attached hydrogens (tertiary/aromatic N) is 1. The van der Waals surface area contributed by atoms with Crippen molar-refractivity contribution in [3.8, 4) is 0 Å². The molecule has 1 aromatic carbocycles. The molecule has 3 rings (SSSR count). The third-order valence-electron chi connectivity index (χ3n) is 4.60. The molecule has 3 atom stereocenters. The first kappa shape index (κ1) is 12.7. The second-order valence-corrected chi connectivity index (χ2v) is 5.78. The van der Waals surface area contributed by atoms with Gasteiger partial charge in [0.05, 0.1) is 6.10 Å². The van der Waals surface area contributed by atoms with Crippen LogP contribution in [0, 0.1) is 5.92 Å². The minimum absolute atomic E-state index is 0.217. The molecule has 1 aliphatic carbocycles. The van der Waals surface area contributed by atoms with Crippen LogP contribution in [0.5, 0.6) is 0 Å². The van der Waals surface area contributed by atoms with Gasteiger partial charge in [0.1, 0.15) is 0 Å². The monoisotopic (exact) mass is 259 g/mol. The van der Waals surface area contributed by atoms with Crippen molar-refractivity contribution in [1.82, 2.24) is 4.90 Å². The molecule has 0 aromatic heterocycles. The Morgan fingerprint density at radius 2 is 1.95 bits per heavy atom. The summed E-state index contributed by atoms with van der Waals surface area (Å²) in [5.74, 6) is 0.536. The lowest BCUT2D eigenvalue weighted by Gasteiger charge is -2.46. The maximum absolute atomic E-state index is 12.2. The molecule has 1 N–H and O–H groups in total. The molecule has 1 amide bonds. The van der Waals surface area contributed by atoms with Crippen molar-refractivity contribution in [1.29, 1.82) is 0 Å². The summed E-state index contributed by atoms with van der Waals surface area (Å²) in [4.78, 5) is 14.2. The number of piperidine rings is 1. The van der Waals surface area contributed by atoms with Crippen LogP contribution in [0.1, 0.15) is 37.7 Å². The number of benzene rings is 1. The number of rotatable bonds is 2. The van der Waals surface area contributed by atoms with Gasteiger partial charge in [-0.15, -0.1) is 0 Å². The van der Waals surface area contributed by atoms with Crippen molar-refractivity contribution in [3.05, 3.63) is 35.9 Å². The van der Waals surface area contributed by atoms with Crippen LogP contribution in [-0.2, 0) is 11.3 Å². The number of carbonyl (C=O) groups is 1. The van der Waals surface area contributed by atoms with Gasteiger partial charge < -0.3 is 10.0 Å². The van der Waals surface area contributed by atoms with E-state index in [4.69, 9.17) is 0 Å². The van der Waals surface area contributed by atoms with Crippen LogP contribution in [0.2, 0.25) is 0 Å². The molecule has 102 valence electrons. The Labute approximate surface area is 114 Å². The SMILES string of the molecule is O=C1CC[C@@H]2C(O)CCC[C@H]2N1Cc1ccccc1. The highest BCUT2D eigenvalue weighted by Crippen LogP contribution is 2.36. The standard InChI is InChI=1S/C16H21NO2/c18-15-8-4-7-14-13(15)9-10-16(19)17(14)11-12-5-2-1-3-6-12/h1-3,5-6,13-15,18H,4,7-11H2/t13-,14+,15?/m0/s1. The summed E-state index contributed by atoms with van der Waals surface area (Å²) in [5, 5.41) is 10.1. The average molecular weight is 259 g/mol. The summed E-state index contributed by atoms with van der Waals surface area (Å²) >= 11 is 0. The summed E-state index contributed by atoms with van der Waals surface area (Å²) in [5.41, 5.74) is 1.18. The van der Waals surface area contributed by atoms with Gasteiger partial charge in [-0.3, -0.25) is 4.79 Å². The molecule has 2 fully saturated rings. The van der Waals surface area contributed by atoms with Crippen molar-refractivity contribution in [2.24, 2.45) is 5.92 Å². The number of aliphatic hydroxyl groups excluding tert-OH is 1. The predicted octanol–water partition coefficient (Wildman–Crippen LogP) is 2.34. The largest absolute Gasteiger partial charge is 0.393 e. The van der Waals surface area contributed by atoms with Gasteiger partial charge in [-0.2, -0.15) is 0 Å². The highest BCUT2D eigenvalue weighted by molar-refractivity contribution is 5.77. The van der Waals surface area contributed by atoms with Crippen molar-refractivity contribution < 1.29 is 9.90 Å². The number of likely N-dealkylation sites (tertiary alicyclic amines) is 1. The molecule has 19 heavy (non-hydrogen) atoms. The van der Waals surface area contributed by atoms with E-state index in [9.17, 15) is 9.90 Å². The van der Waals surface area contributed by atoms with E-state index in [0.717, 1.165) is 25.7 Å². The van der Waals surface area contributed by atoms with Crippen LogP contribution in [0.4, 0.5) is 0 Å². The quantitative estimate of drug-likeness (QED) is 0.885. The van der Waals surface area contributed by atoms with E-state index in [-0.39, 0.29) is 24.0 Å². The third-order valence-corrected chi connectivity index (χ3v) is 4.60. The predicted molar refractivity (Wildman–Crippen MR) is 73.4 cm³/mol. The van der Waals surface area contributed by atoms with Crippen LogP contribution in [0.3, 0.4) is 0 Å². The molecule has 1 saturated heterocycles. The van der Waals surface area contributed by atoms with E-state index in [1.165, 1.54) is 5.56 Å². The summed E-state index contributed by atoms with van der Waals surface area (Å²) in [7, 11) is 0. The van der Waals surface area contributed by atoms with Gasteiger partial charge in [-0.1, -0.05) is 30.3 Å². The summed E-state index contributed by atoms with van der Waals surface area (Å²) in [6.07, 6.45) is 4.20. The Kier molecular flexibility index (Phi) is 3.56. The zero-order valence-corrected chi connectivity index (χ0v) is 11.2. The molecule has 0 radical (unpaired) electrons. The molecular weight excluding hydrogens is 238 g/mol. The molecule has 1 unspecified atom stereocenters. The van der Waals surface area contributed by atoms with E-state index < -0.39 is 0 Å². The molecule has 1 aromatic rings.